The van der Waals surface area contributed by atoms with Gasteiger partial charge in [0.1, 0.15) is 5.60 Å². The predicted octanol–water partition coefficient (Wildman–Crippen LogP) is 2.33. The maximum absolute atomic E-state index is 12.9. The quantitative estimate of drug-likeness (QED) is 0.797. The zero-order valence-electron chi connectivity index (χ0n) is 17.8. The fourth-order valence-corrected chi connectivity index (χ4v) is 4.62. The molecule has 2 amide bonds. The summed E-state index contributed by atoms with van der Waals surface area (Å²) in [5.41, 5.74) is 7.41. The molecular weight excluding hydrogens is 392 g/mol. The van der Waals surface area contributed by atoms with Gasteiger partial charge in [-0.15, -0.1) is 0 Å². The van der Waals surface area contributed by atoms with Crippen LogP contribution in [0.1, 0.15) is 35.2 Å². The standard InChI is InChI=1S/C24H28N4O3/c1-26-16-20-8-7-19(15-21(20)25-26)17-3-5-18(6-4-17)22(29)27-11-13-28(14-12-27)23(30)24(31)9-2-10-24/h3-8,15,25,31H,2,9-14,16H2,1H3. The number of rotatable bonds is 3. The van der Waals surface area contributed by atoms with Gasteiger partial charge in [-0.3, -0.25) is 9.59 Å². The Kier molecular flexibility index (Phi) is 4.95. The Labute approximate surface area is 182 Å². The number of fused-ring (bicyclic) bond motifs is 1. The normalized spacial score (nSPS) is 20.1. The van der Waals surface area contributed by atoms with Gasteiger partial charge in [-0.1, -0.05) is 24.3 Å². The highest BCUT2D eigenvalue weighted by Crippen LogP contribution is 2.34. The van der Waals surface area contributed by atoms with Crippen LogP contribution in [0.25, 0.3) is 11.1 Å². The molecule has 0 bridgehead atoms. The largest absolute Gasteiger partial charge is 0.380 e. The Morgan fingerprint density at radius 2 is 1.58 bits per heavy atom. The Morgan fingerprint density at radius 3 is 2.23 bits per heavy atom. The number of piperazine rings is 1. The van der Waals surface area contributed by atoms with Crippen LogP contribution in [0.2, 0.25) is 0 Å². The summed E-state index contributed by atoms with van der Waals surface area (Å²) < 4.78 is 0. The number of carbonyl (C=O) groups excluding carboxylic acids is 2. The third-order valence-corrected chi connectivity index (χ3v) is 6.73. The molecule has 0 unspecified atom stereocenters. The monoisotopic (exact) mass is 420 g/mol. The summed E-state index contributed by atoms with van der Waals surface area (Å²) in [5, 5.41) is 12.3. The molecule has 5 rings (SSSR count). The van der Waals surface area contributed by atoms with Crippen molar-refractivity contribution >= 4 is 17.5 Å². The number of anilines is 1. The summed E-state index contributed by atoms with van der Waals surface area (Å²) in [6.07, 6.45) is 2.00. The minimum absolute atomic E-state index is 0.0155. The number of aliphatic hydroxyl groups is 1. The van der Waals surface area contributed by atoms with Crippen LogP contribution in [-0.4, -0.2) is 70.6 Å². The summed E-state index contributed by atoms with van der Waals surface area (Å²) in [4.78, 5) is 28.9. The molecule has 0 spiro atoms. The fourth-order valence-electron chi connectivity index (χ4n) is 4.62. The molecule has 2 heterocycles. The molecule has 2 fully saturated rings. The lowest BCUT2D eigenvalue weighted by Crippen LogP contribution is -2.58. The molecule has 1 saturated carbocycles. The van der Waals surface area contributed by atoms with Crippen molar-refractivity contribution in [1.29, 1.82) is 0 Å². The SMILES string of the molecule is CN1Cc2ccc(-c3ccc(C(=O)N4CCN(C(=O)C5(O)CCC5)CC4)cc3)cc2N1. The molecule has 0 radical (unpaired) electrons. The van der Waals surface area contributed by atoms with Crippen LogP contribution in [0.5, 0.6) is 0 Å². The van der Waals surface area contributed by atoms with Crippen LogP contribution in [0.15, 0.2) is 42.5 Å². The maximum atomic E-state index is 12.9. The highest BCUT2D eigenvalue weighted by Gasteiger charge is 2.45. The van der Waals surface area contributed by atoms with Gasteiger partial charge in [0.15, 0.2) is 0 Å². The molecule has 0 aromatic heterocycles. The second-order valence-electron chi connectivity index (χ2n) is 8.89. The Morgan fingerprint density at radius 1 is 0.935 bits per heavy atom. The van der Waals surface area contributed by atoms with E-state index in [4.69, 9.17) is 0 Å². The van der Waals surface area contributed by atoms with Gasteiger partial charge < -0.3 is 20.3 Å². The van der Waals surface area contributed by atoms with Crippen LogP contribution in [-0.2, 0) is 11.3 Å². The van der Waals surface area contributed by atoms with Gasteiger partial charge in [-0.25, -0.2) is 5.01 Å². The van der Waals surface area contributed by atoms with Gasteiger partial charge in [-0.2, -0.15) is 0 Å². The molecule has 2 aromatic carbocycles. The van der Waals surface area contributed by atoms with E-state index in [2.05, 4.69) is 28.6 Å². The van der Waals surface area contributed by atoms with Gasteiger partial charge in [0.05, 0.1) is 5.69 Å². The van der Waals surface area contributed by atoms with Crippen LogP contribution >= 0.6 is 0 Å². The van der Waals surface area contributed by atoms with E-state index in [0.717, 1.165) is 29.8 Å². The van der Waals surface area contributed by atoms with E-state index in [1.807, 2.05) is 31.3 Å². The van der Waals surface area contributed by atoms with Gasteiger partial charge in [0.2, 0.25) is 0 Å². The summed E-state index contributed by atoms with van der Waals surface area (Å²) in [5.74, 6) is -0.191. The minimum atomic E-state index is -1.16. The number of nitrogens with zero attached hydrogens (tertiary/aromatic N) is 3. The number of nitrogens with one attached hydrogen (secondary N) is 1. The van der Waals surface area contributed by atoms with E-state index in [-0.39, 0.29) is 11.8 Å². The molecular formula is C24H28N4O3. The van der Waals surface area contributed by atoms with Crippen LogP contribution in [0, 0.1) is 0 Å². The van der Waals surface area contributed by atoms with Crippen molar-refractivity contribution in [3.63, 3.8) is 0 Å². The maximum Gasteiger partial charge on any atom is 0.254 e. The molecule has 1 saturated heterocycles. The molecule has 2 aromatic rings. The summed E-state index contributed by atoms with van der Waals surface area (Å²) in [7, 11) is 2.02. The van der Waals surface area contributed by atoms with Gasteiger partial charge >= 0.3 is 0 Å². The van der Waals surface area contributed by atoms with Crippen molar-refractivity contribution in [1.82, 2.24) is 14.8 Å². The number of carbonyl (C=O) groups is 2. The highest BCUT2D eigenvalue weighted by molar-refractivity contribution is 5.95. The molecule has 31 heavy (non-hydrogen) atoms. The number of benzene rings is 2. The number of hydrazine groups is 1. The highest BCUT2D eigenvalue weighted by atomic mass is 16.3. The van der Waals surface area contributed by atoms with Crippen molar-refractivity contribution in [3.05, 3.63) is 53.6 Å². The second-order valence-corrected chi connectivity index (χ2v) is 8.89. The van der Waals surface area contributed by atoms with E-state index < -0.39 is 5.60 Å². The fraction of sp³-hybridized carbons (Fsp3) is 0.417. The first-order valence-electron chi connectivity index (χ1n) is 11.0. The first kappa shape index (κ1) is 20.0. The second kappa shape index (κ2) is 7.66. The van der Waals surface area contributed by atoms with Crippen LogP contribution in [0.4, 0.5) is 5.69 Å². The molecule has 7 nitrogen and oxygen atoms in total. The van der Waals surface area contributed by atoms with Crippen molar-refractivity contribution < 1.29 is 14.7 Å². The topological polar surface area (TPSA) is 76.1 Å². The lowest BCUT2D eigenvalue weighted by Gasteiger charge is -2.42. The third kappa shape index (κ3) is 3.68. The third-order valence-electron chi connectivity index (χ3n) is 6.73. The van der Waals surface area contributed by atoms with Crippen molar-refractivity contribution in [2.45, 2.75) is 31.4 Å². The van der Waals surface area contributed by atoms with E-state index in [0.29, 0.717) is 44.6 Å². The zero-order valence-corrected chi connectivity index (χ0v) is 17.8. The van der Waals surface area contributed by atoms with Crippen LogP contribution in [0.3, 0.4) is 0 Å². The van der Waals surface area contributed by atoms with Gasteiger partial charge in [0, 0.05) is 45.3 Å². The summed E-state index contributed by atoms with van der Waals surface area (Å²) in [6.45, 7) is 2.82. The Bertz CT molecular complexity index is 1010. The van der Waals surface area contributed by atoms with Gasteiger partial charge in [-0.05, 0) is 54.2 Å². The average molecular weight is 421 g/mol. The molecule has 0 atom stereocenters. The Hall–Kier alpha value is -2.90. The smallest absolute Gasteiger partial charge is 0.254 e. The predicted molar refractivity (Wildman–Crippen MR) is 118 cm³/mol. The molecule has 7 heteroatoms. The van der Waals surface area contributed by atoms with E-state index >= 15 is 0 Å². The summed E-state index contributed by atoms with van der Waals surface area (Å²) >= 11 is 0. The molecule has 3 aliphatic rings. The molecule has 2 N–H and O–H groups in total. The number of amides is 2. The van der Waals surface area contributed by atoms with Crippen molar-refractivity contribution in [2.24, 2.45) is 0 Å². The van der Waals surface area contributed by atoms with Crippen LogP contribution < -0.4 is 5.43 Å². The van der Waals surface area contributed by atoms with E-state index in [1.165, 1.54) is 5.56 Å². The molecule has 162 valence electrons. The lowest BCUT2D eigenvalue weighted by atomic mass is 9.79. The Balaban J connectivity index is 1.22. The number of hydrogen-bond acceptors (Lipinski definition) is 5. The summed E-state index contributed by atoms with van der Waals surface area (Å²) in [6, 6.07) is 14.1. The van der Waals surface area contributed by atoms with E-state index in [9.17, 15) is 14.7 Å². The van der Waals surface area contributed by atoms with Crippen molar-refractivity contribution in [3.8, 4) is 11.1 Å². The number of hydrogen-bond donors (Lipinski definition) is 2. The van der Waals surface area contributed by atoms with E-state index in [1.54, 1.807) is 9.80 Å². The first-order valence-corrected chi connectivity index (χ1v) is 11.0. The first-order chi connectivity index (χ1) is 14.9. The minimum Gasteiger partial charge on any atom is -0.380 e. The lowest BCUT2D eigenvalue weighted by molar-refractivity contribution is -0.161. The molecule has 2 aliphatic heterocycles. The zero-order chi connectivity index (χ0) is 21.6. The van der Waals surface area contributed by atoms with Crippen molar-refractivity contribution in [2.75, 3.05) is 38.7 Å². The molecule has 1 aliphatic carbocycles. The average Bonchev–Trinajstić information content (AvgIpc) is 3.16. The van der Waals surface area contributed by atoms with Gasteiger partial charge in [0.25, 0.3) is 11.8 Å².